The third kappa shape index (κ3) is 3.54. The summed E-state index contributed by atoms with van der Waals surface area (Å²) in [5, 5.41) is 13.6. The van der Waals surface area contributed by atoms with Crippen LogP contribution in [0.1, 0.15) is 40.5 Å². The Labute approximate surface area is 166 Å². The first-order chi connectivity index (χ1) is 14.1. The van der Waals surface area contributed by atoms with Crippen molar-refractivity contribution in [1.29, 1.82) is 0 Å². The predicted octanol–water partition coefficient (Wildman–Crippen LogP) is 3.33. The second-order valence-corrected chi connectivity index (χ2v) is 6.85. The quantitative estimate of drug-likeness (QED) is 0.528. The average molecular weight is 388 g/mol. The number of aromatic amines is 1. The first-order valence-corrected chi connectivity index (χ1v) is 9.44. The maximum Gasteiger partial charge on any atom is 0.336 e. The number of nitrogens with one attached hydrogen (secondary N) is 1. The molecule has 4 aromatic rings. The number of aromatic nitrogens is 4. The molecular formula is C22H20N4O3. The number of hydrogen-bond acceptors (Lipinski definition) is 4. The minimum Gasteiger partial charge on any atom is -0.478 e. The van der Waals surface area contributed by atoms with Crippen LogP contribution in [0.3, 0.4) is 0 Å². The number of carboxylic acids is 1. The van der Waals surface area contributed by atoms with Crippen LogP contribution in [0.25, 0.3) is 16.9 Å². The van der Waals surface area contributed by atoms with E-state index in [-0.39, 0.29) is 11.1 Å². The number of carboxylic acid groups (broad SMARTS) is 1. The van der Waals surface area contributed by atoms with E-state index in [0.717, 1.165) is 29.7 Å². The summed E-state index contributed by atoms with van der Waals surface area (Å²) in [7, 11) is 0. The lowest BCUT2D eigenvalue weighted by Gasteiger charge is -2.11. The monoisotopic (exact) mass is 388 g/mol. The fourth-order valence-electron chi connectivity index (χ4n) is 3.56. The predicted molar refractivity (Wildman–Crippen MR) is 109 cm³/mol. The van der Waals surface area contributed by atoms with Crippen LogP contribution in [0.15, 0.2) is 59.7 Å². The Hall–Kier alpha value is -3.74. The van der Waals surface area contributed by atoms with E-state index in [2.05, 4.69) is 22.0 Å². The summed E-state index contributed by atoms with van der Waals surface area (Å²) in [5.74, 6) is -0.510. The van der Waals surface area contributed by atoms with Gasteiger partial charge in [-0.1, -0.05) is 55.8 Å². The molecule has 0 radical (unpaired) electrons. The molecule has 0 atom stereocenters. The van der Waals surface area contributed by atoms with Crippen molar-refractivity contribution in [2.24, 2.45) is 0 Å². The Morgan fingerprint density at radius 3 is 2.62 bits per heavy atom. The molecule has 146 valence electrons. The molecule has 7 heteroatoms. The normalized spacial score (nSPS) is 11.1. The number of H-pyrrole nitrogens is 1. The maximum absolute atomic E-state index is 12.6. The second-order valence-electron chi connectivity index (χ2n) is 6.85. The van der Waals surface area contributed by atoms with Gasteiger partial charge in [-0.25, -0.2) is 9.31 Å². The van der Waals surface area contributed by atoms with Crippen molar-refractivity contribution in [1.82, 2.24) is 19.6 Å². The van der Waals surface area contributed by atoms with E-state index in [1.807, 2.05) is 30.3 Å². The zero-order valence-corrected chi connectivity index (χ0v) is 15.9. The SMILES string of the molecule is CCCc1c(Cc2ccc(-c3ccccc3C(=O)O)cc2)c(=O)[nH]c2ncnn12. The van der Waals surface area contributed by atoms with Gasteiger partial charge < -0.3 is 5.11 Å². The first-order valence-electron chi connectivity index (χ1n) is 9.44. The number of benzene rings is 2. The third-order valence-corrected chi connectivity index (χ3v) is 4.94. The van der Waals surface area contributed by atoms with Crippen molar-refractivity contribution in [3.8, 4) is 11.1 Å². The highest BCUT2D eigenvalue weighted by atomic mass is 16.4. The molecule has 7 nitrogen and oxygen atoms in total. The topological polar surface area (TPSA) is 100 Å². The van der Waals surface area contributed by atoms with Crippen LogP contribution in [0.4, 0.5) is 0 Å². The standard InChI is InChI=1S/C22H20N4O3/c1-2-5-19-18(20(27)25-22-23-13-24-26(19)22)12-14-8-10-15(11-9-14)16-6-3-4-7-17(16)21(28)29/h3-4,6-11,13H,2,5,12H2,1H3,(H,28,29)(H,23,24,25,27). The summed E-state index contributed by atoms with van der Waals surface area (Å²) >= 11 is 0. The van der Waals surface area contributed by atoms with Crippen molar-refractivity contribution in [3.05, 3.63) is 87.6 Å². The van der Waals surface area contributed by atoms with Crippen LogP contribution in [-0.4, -0.2) is 30.7 Å². The van der Waals surface area contributed by atoms with Gasteiger partial charge in [0.05, 0.1) is 11.3 Å². The largest absolute Gasteiger partial charge is 0.478 e. The minimum absolute atomic E-state index is 0.158. The summed E-state index contributed by atoms with van der Waals surface area (Å²) in [6.07, 6.45) is 3.50. The lowest BCUT2D eigenvalue weighted by atomic mass is 9.96. The molecule has 2 N–H and O–H groups in total. The van der Waals surface area contributed by atoms with E-state index >= 15 is 0 Å². The summed E-state index contributed by atoms with van der Waals surface area (Å²) in [5.41, 5.74) is 4.09. The lowest BCUT2D eigenvalue weighted by molar-refractivity contribution is 0.0697. The van der Waals surface area contributed by atoms with Crippen molar-refractivity contribution in [2.45, 2.75) is 26.2 Å². The van der Waals surface area contributed by atoms with E-state index in [1.54, 1.807) is 22.7 Å². The van der Waals surface area contributed by atoms with Gasteiger partial charge in [0.1, 0.15) is 6.33 Å². The molecule has 0 bridgehead atoms. The summed E-state index contributed by atoms with van der Waals surface area (Å²) in [6, 6.07) is 14.5. The Morgan fingerprint density at radius 1 is 1.14 bits per heavy atom. The van der Waals surface area contributed by atoms with E-state index < -0.39 is 5.97 Å². The average Bonchev–Trinajstić information content (AvgIpc) is 3.19. The highest BCUT2D eigenvalue weighted by molar-refractivity contribution is 5.95. The number of hydrogen-bond donors (Lipinski definition) is 2. The van der Waals surface area contributed by atoms with Crippen molar-refractivity contribution in [3.63, 3.8) is 0 Å². The number of aryl methyl sites for hydroxylation is 1. The molecule has 0 saturated carbocycles. The molecule has 29 heavy (non-hydrogen) atoms. The lowest BCUT2D eigenvalue weighted by Crippen LogP contribution is -2.20. The molecule has 0 fully saturated rings. The van der Waals surface area contributed by atoms with Crippen LogP contribution in [0.5, 0.6) is 0 Å². The summed E-state index contributed by atoms with van der Waals surface area (Å²) in [4.78, 5) is 31.0. The van der Waals surface area contributed by atoms with Crippen molar-refractivity contribution >= 4 is 11.7 Å². The number of carbonyl (C=O) groups is 1. The number of rotatable bonds is 6. The first kappa shape index (κ1) is 18.6. The summed E-state index contributed by atoms with van der Waals surface area (Å²) in [6.45, 7) is 2.06. The smallest absolute Gasteiger partial charge is 0.336 e. The van der Waals surface area contributed by atoms with Crippen LogP contribution in [0.2, 0.25) is 0 Å². The summed E-state index contributed by atoms with van der Waals surface area (Å²) < 4.78 is 1.69. The molecule has 2 aromatic carbocycles. The van der Waals surface area contributed by atoms with E-state index in [9.17, 15) is 14.7 Å². The van der Waals surface area contributed by atoms with Gasteiger partial charge in [0.25, 0.3) is 5.56 Å². The van der Waals surface area contributed by atoms with Crippen LogP contribution in [0, 0.1) is 0 Å². The zero-order chi connectivity index (χ0) is 20.4. The number of nitrogens with zero attached hydrogens (tertiary/aromatic N) is 3. The third-order valence-electron chi connectivity index (χ3n) is 4.94. The van der Waals surface area contributed by atoms with E-state index in [1.165, 1.54) is 6.33 Å². The van der Waals surface area contributed by atoms with Gasteiger partial charge in [0.15, 0.2) is 0 Å². The molecule has 2 heterocycles. The Morgan fingerprint density at radius 2 is 1.90 bits per heavy atom. The second kappa shape index (κ2) is 7.71. The Bertz CT molecular complexity index is 1240. The molecule has 0 amide bonds. The fourth-order valence-corrected chi connectivity index (χ4v) is 3.56. The van der Waals surface area contributed by atoms with Gasteiger partial charge in [-0.2, -0.15) is 10.1 Å². The highest BCUT2D eigenvalue weighted by Crippen LogP contribution is 2.25. The number of fused-ring (bicyclic) bond motifs is 1. The van der Waals surface area contributed by atoms with Crippen LogP contribution in [-0.2, 0) is 12.8 Å². The van der Waals surface area contributed by atoms with Crippen molar-refractivity contribution in [2.75, 3.05) is 0 Å². The van der Waals surface area contributed by atoms with Gasteiger partial charge in [-0.3, -0.25) is 9.78 Å². The fraction of sp³-hybridized carbons (Fsp3) is 0.182. The molecular weight excluding hydrogens is 368 g/mol. The van der Waals surface area contributed by atoms with Gasteiger partial charge in [0.2, 0.25) is 5.78 Å². The molecule has 2 aromatic heterocycles. The van der Waals surface area contributed by atoms with E-state index in [0.29, 0.717) is 23.3 Å². The molecule has 4 rings (SSSR count). The van der Waals surface area contributed by atoms with Gasteiger partial charge in [-0.15, -0.1) is 0 Å². The Kier molecular flexibility index (Phi) is 4.95. The molecule has 0 aliphatic rings. The highest BCUT2D eigenvalue weighted by Gasteiger charge is 2.15. The number of aromatic carboxylic acids is 1. The van der Waals surface area contributed by atoms with Crippen molar-refractivity contribution < 1.29 is 9.90 Å². The zero-order valence-electron chi connectivity index (χ0n) is 15.9. The van der Waals surface area contributed by atoms with Crippen LogP contribution < -0.4 is 5.56 Å². The van der Waals surface area contributed by atoms with Crippen LogP contribution >= 0.6 is 0 Å². The van der Waals surface area contributed by atoms with Gasteiger partial charge >= 0.3 is 5.97 Å². The molecule has 0 aliphatic carbocycles. The van der Waals surface area contributed by atoms with E-state index in [4.69, 9.17) is 0 Å². The van der Waals surface area contributed by atoms with Gasteiger partial charge in [0, 0.05) is 12.0 Å². The van der Waals surface area contributed by atoms with Gasteiger partial charge in [-0.05, 0) is 29.2 Å². The Balaban J connectivity index is 1.70. The molecule has 0 unspecified atom stereocenters. The minimum atomic E-state index is -0.957. The molecule has 0 aliphatic heterocycles. The molecule has 0 spiro atoms. The maximum atomic E-state index is 12.6. The molecule has 0 saturated heterocycles.